The number of pyridine rings is 1. The van der Waals surface area contributed by atoms with E-state index in [1.54, 1.807) is 0 Å². The molecule has 0 radical (unpaired) electrons. The summed E-state index contributed by atoms with van der Waals surface area (Å²) >= 11 is 0. The Morgan fingerprint density at radius 3 is 3.07 bits per heavy atom. The van der Waals surface area contributed by atoms with Gasteiger partial charge in [-0.25, -0.2) is 0 Å². The van der Waals surface area contributed by atoms with Crippen LogP contribution in [0.25, 0.3) is 0 Å². The minimum absolute atomic E-state index is 0.0921. The lowest BCUT2D eigenvalue weighted by Crippen LogP contribution is -2.29. The topological polar surface area (TPSA) is 85.8 Å². The average molecular weight is 205 g/mol. The first kappa shape index (κ1) is 11.0. The van der Waals surface area contributed by atoms with Crippen molar-refractivity contribution in [1.82, 2.24) is 10.3 Å². The molecule has 0 unspecified atom stereocenters. The first-order valence-corrected chi connectivity index (χ1v) is 4.58. The summed E-state index contributed by atoms with van der Waals surface area (Å²) in [5, 5.41) is 10.8. The standard InChI is InChI=1S/C10H11N3O2/c11-4-1-2-5-13-10(15)8-7-12-6-3-9(8)14/h3,6-7H,1-2,5H2,(H,12,14)(H,13,15). The quantitative estimate of drug-likeness (QED) is 0.698. The van der Waals surface area contributed by atoms with Gasteiger partial charge in [0.2, 0.25) is 0 Å². The summed E-state index contributed by atoms with van der Waals surface area (Å²) in [4.78, 5) is 25.3. The first-order valence-electron chi connectivity index (χ1n) is 4.58. The van der Waals surface area contributed by atoms with Gasteiger partial charge in [-0.2, -0.15) is 5.26 Å². The number of H-pyrrole nitrogens is 1. The molecule has 0 fully saturated rings. The zero-order valence-electron chi connectivity index (χ0n) is 8.12. The maximum atomic E-state index is 11.4. The van der Waals surface area contributed by atoms with Crippen LogP contribution in [0.5, 0.6) is 0 Å². The molecule has 0 bridgehead atoms. The molecule has 5 nitrogen and oxygen atoms in total. The molecule has 0 saturated carbocycles. The van der Waals surface area contributed by atoms with Gasteiger partial charge in [-0.3, -0.25) is 9.59 Å². The van der Waals surface area contributed by atoms with Crippen molar-refractivity contribution in [1.29, 1.82) is 5.26 Å². The number of carbonyl (C=O) groups excluding carboxylic acids is 1. The lowest BCUT2D eigenvalue weighted by atomic mass is 10.2. The number of carbonyl (C=O) groups is 1. The molecule has 0 aliphatic heterocycles. The number of nitrogens with zero attached hydrogens (tertiary/aromatic N) is 1. The molecule has 0 atom stereocenters. The zero-order chi connectivity index (χ0) is 11.1. The van der Waals surface area contributed by atoms with Crippen LogP contribution in [0.4, 0.5) is 0 Å². The van der Waals surface area contributed by atoms with Gasteiger partial charge in [0.05, 0.1) is 6.07 Å². The first-order chi connectivity index (χ1) is 7.25. The van der Waals surface area contributed by atoms with Crippen LogP contribution < -0.4 is 10.7 Å². The Hall–Kier alpha value is -2.09. The number of amides is 1. The Kier molecular flexibility index (Phi) is 4.10. The summed E-state index contributed by atoms with van der Waals surface area (Å²) in [6.07, 6.45) is 3.81. The SMILES string of the molecule is N#CCCCNC(=O)c1c[nH]ccc1=O. The molecule has 1 rings (SSSR count). The molecule has 5 heteroatoms. The molecular formula is C10H11N3O2. The second-order valence-corrected chi connectivity index (χ2v) is 2.94. The highest BCUT2D eigenvalue weighted by molar-refractivity contribution is 5.93. The van der Waals surface area contributed by atoms with Gasteiger partial charge >= 0.3 is 0 Å². The molecule has 2 N–H and O–H groups in total. The van der Waals surface area contributed by atoms with E-state index in [2.05, 4.69) is 10.3 Å². The van der Waals surface area contributed by atoms with Crippen molar-refractivity contribution in [2.75, 3.05) is 6.54 Å². The van der Waals surface area contributed by atoms with E-state index < -0.39 is 5.91 Å². The van der Waals surface area contributed by atoms with Gasteiger partial charge in [0.25, 0.3) is 5.91 Å². The highest BCUT2D eigenvalue weighted by atomic mass is 16.2. The van der Waals surface area contributed by atoms with Crippen molar-refractivity contribution >= 4 is 5.91 Å². The number of hydrogen-bond acceptors (Lipinski definition) is 3. The van der Waals surface area contributed by atoms with Crippen molar-refractivity contribution in [3.63, 3.8) is 0 Å². The summed E-state index contributed by atoms with van der Waals surface area (Å²) in [6.45, 7) is 0.403. The fourth-order valence-corrected chi connectivity index (χ4v) is 1.06. The monoisotopic (exact) mass is 205 g/mol. The summed E-state index contributed by atoms with van der Waals surface area (Å²) < 4.78 is 0. The lowest BCUT2D eigenvalue weighted by molar-refractivity contribution is 0.0952. The zero-order valence-corrected chi connectivity index (χ0v) is 8.12. The van der Waals surface area contributed by atoms with E-state index in [9.17, 15) is 9.59 Å². The Morgan fingerprint density at radius 1 is 1.60 bits per heavy atom. The van der Waals surface area contributed by atoms with Crippen molar-refractivity contribution < 1.29 is 4.79 Å². The third-order valence-corrected chi connectivity index (χ3v) is 1.82. The molecule has 0 aliphatic rings. The maximum Gasteiger partial charge on any atom is 0.256 e. The largest absolute Gasteiger partial charge is 0.367 e. The van der Waals surface area contributed by atoms with Crippen molar-refractivity contribution in [2.24, 2.45) is 0 Å². The number of nitrogens with one attached hydrogen (secondary N) is 2. The highest BCUT2D eigenvalue weighted by Crippen LogP contribution is 1.89. The van der Waals surface area contributed by atoms with Gasteiger partial charge in [0, 0.05) is 31.4 Å². The van der Waals surface area contributed by atoms with Crippen LogP contribution in [0.3, 0.4) is 0 Å². The summed E-state index contributed by atoms with van der Waals surface area (Å²) in [7, 11) is 0. The number of unbranched alkanes of at least 4 members (excludes halogenated alkanes) is 1. The number of aromatic nitrogens is 1. The smallest absolute Gasteiger partial charge is 0.256 e. The molecule has 1 aromatic rings. The van der Waals surface area contributed by atoms with Crippen LogP contribution in [-0.4, -0.2) is 17.4 Å². The van der Waals surface area contributed by atoms with E-state index >= 15 is 0 Å². The number of hydrogen-bond donors (Lipinski definition) is 2. The van der Waals surface area contributed by atoms with Gasteiger partial charge < -0.3 is 10.3 Å². The average Bonchev–Trinajstić information content (AvgIpc) is 2.25. The summed E-state index contributed by atoms with van der Waals surface area (Å²) in [6, 6.07) is 3.27. The molecule has 0 aromatic carbocycles. The molecule has 0 saturated heterocycles. The fourth-order valence-electron chi connectivity index (χ4n) is 1.06. The van der Waals surface area contributed by atoms with E-state index in [0.29, 0.717) is 19.4 Å². The summed E-state index contributed by atoms with van der Waals surface area (Å²) in [5.74, 6) is -0.408. The van der Waals surface area contributed by atoms with Crippen molar-refractivity contribution in [3.8, 4) is 6.07 Å². The fraction of sp³-hybridized carbons (Fsp3) is 0.300. The van der Waals surface area contributed by atoms with Crippen LogP contribution >= 0.6 is 0 Å². The van der Waals surface area contributed by atoms with Crippen LogP contribution in [0, 0.1) is 11.3 Å². The summed E-state index contributed by atoms with van der Waals surface area (Å²) in [5.41, 5.74) is -0.221. The van der Waals surface area contributed by atoms with E-state index in [1.165, 1.54) is 18.5 Å². The number of rotatable bonds is 4. The molecule has 1 amide bonds. The van der Waals surface area contributed by atoms with Crippen LogP contribution in [-0.2, 0) is 0 Å². The molecular weight excluding hydrogens is 194 g/mol. The van der Waals surface area contributed by atoms with Crippen LogP contribution in [0.15, 0.2) is 23.3 Å². The minimum atomic E-state index is -0.408. The van der Waals surface area contributed by atoms with Gasteiger partial charge in [0.15, 0.2) is 5.43 Å². The second-order valence-electron chi connectivity index (χ2n) is 2.94. The number of aromatic amines is 1. The third-order valence-electron chi connectivity index (χ3n) is 1.82. The van der Waals surface area contributed by atoms with Gasteiger partial charge in [-0.1, -0.05) is 0 Å². The second kappa shape index (κ2) is 5.60. The molecule has 1 heterocycles. The Balaban J connectivity index is 2.52. The van der Waals surface area contributed by atoms with Gasteiger partial charge in [0.1, 0.15) is 5.56 Å². The normalized spacial score (nSPS) is 9.27. The number of nitriles is 1. The van der Waals surface area contributed by atoms with E-state index in [1.807, 2.05) is 6.07 Å². The molecule has 15 heavy (non-hydrogen) atoms. The molecule has 1 aromatic heterocycles. The van der Waals surface area contributed by atoms with E-state index in [4.69, 9.17) is 5.26 Å². The lowest BCUT2D eigenvalue weighted by Gasteiger charge is -2.01. The highest BCUT2D eigenvalue weighted by Gasteiger charge is 2.07. The van der Waals surface area contributed by atoms with Crippen LogP contribution in [0.2, 0.25) is 0 Å². The van der Waals surface area contributed by atoms with E-state index in [-0.39, 0.29) is 11.0 Å². The maximum absolute atomic E-state index is 11.4. The predicted molar refractivity (Wildman–Crippen MR) is 54.2 cm³/mol. The Morgan fingerprint density at radius 2 is 2.40 bits per heavy atom. The van der Waals surface area contributed by atoms with Gasteiger partial charge in [-0.05, 0) is 6.42 Å². The van der Waals surface area contributed by atoms with Crippen molar-refractivity contribution in [2.45, 2.75) is 12.8 Å². The van der Waals surface area contributed by atoms with Crippen LogP contribution in [0.1, 0.15) is 23.2 Å². The van der Waals surface area contributed by atoms with E-state index in [0.717, 1.165) is 0 Å². The van der Waals surface area contributed by atoms with Crippen molar-refractivity contribution in [3.05, 3.63) is 34.2 Å². The molecule has 78 valence electrons. The predicted octanol–water partition coefficient (Wildman–Crippen LogP) is 0.408. The molecule has 0 spiro atoms. The third kappa shape index (κ3) is 3.27. The minimum Gasteiger partial charge on any atom is -0.367 e. The molecule has 0 aliphatic carbocycles. The van der Waals surface area contributed by atoms with Gasteiger partial charge in [-0.15, -0.1) is 0 Å². The Bertz CT molecular complexity index is 431. The Labute approximate surface area is 86.7 Å².